The normalized spacial score (nSPS) is 18.1. The molecule has 2 aromatic carbocycles. The van der Waals surface area contributed by atoms with E-state index in [0.29, 0.717) is 25.9 Å². The fraction of sp³-hybridized carbons (Fsp3) is 0.333. The van der Waals surface area contributed by atoms with Crippen molar-refractivity contribution in [1.29, 1.82) is 0 Å². The molecule has 0 spiro atoms. The molecule has 0 unspecified atom stereocenters. The van der Waals surface area contributed by atoms with Crippen molar-refractivity contribution in [3.8, 4) is 0 Å². The Bertz CT molecular complexity index is 844. The topological polar surface area (TPSA) is 52.7 Å². The zero-order valence-electron chi connectivity index (χ0n) is 15.0. The second-order valence-electron chi connectivity index (χ2n) is 7.13. The van der Waals surface area contributed by atoms with Crippen LogP contribution in [0.4, 0.5) is 15.8 Å². The third-order valence-electron chi connectivity index (χ3n) is 5.40. The van der Waals surface area contributed by atoms with Gasteiger partial charge in [-0.3, -0.25) is 9.59 Å². The van der Waals surface area contributed by atoms with Crippen LogP contribution in [-0.4, -0.2) is 42.9 Å². The predicted octanol–water partition coefficient (Wildman–Crippen LogP) is 2.89. The lowest BCUT2D eigenvalue weighted by molar-refractivity contribution is -0.142. The molecule has 5 nitrogen and oxygen atoms in total. The Balaban J connectivity index is 1.39. The van der Waals surface area contributed by atoms with Crippen molar-refractivity contribution in [3.05, 3.63) is 60.4 Å². The molecule has 140 valence electrons. The minimum atomic E-state index is -1.03. The molecule has 27 heavy (non-hydrogen) atoms. The maximum atomic E-state index is 13.8. The number of amides is 2. The standard InChI is InChI=1S/C21H22FN3O2/c22-17-8-4-5-9-18(17)23-19(26)21(10-11-21)20(27)25-14-12-24(13-15-25)16-6-2-1-3-7-16/h1-9H,10-15H2,(H,23,26). The van der Waals surface area contributed by atoms with Gasteiger partial charge in [-0.1, -0.05) is 30.3 Å². The first-order valence-electron chi connectivity index (χ1n) is 9.25. The minimum absolute atomic E-state index is 0.121. The molecule has 1 aliphatic carbocycles. The average molecular weight is 367 g/mol. The van der Waals surface area contributed by atoms with E-state index in [0.717, 1.165) is 18.8 Å². The molecule has 2 fully saturated rings. The van der Waals surface area contributed by atoms with Gasteiger partial charge in [0.15, 0.2) is 0 Å². The molecular weight excluding hydrogens is 345 g/mol. The molecule has 1 saturated heterocycles. The molecule has 1 heterocycles. The van der Waals surface area contributed by atoms with Gasteiger partial charge in [0.2, 0.25) is 11.8 Å². The van der Waals surface area contributed by atoms with Gasteiger partial charge < -0.3 is 15.1 Å². The van der Waals surface area contributed by atoms with Gasteiger partial charge >= 0.3 is 0 Å². The van der Waals surface area contributed by atoms with Gasteiger partial charge in [-0.25, -0.2) is 4.39 Å². The van der Waals surface area contributed by atoms with Gasteiger partial charge in [0.1, 0.15) is 11.2 Å². The van der Waals surface area contributed by atoms with E-state index in [-0.39, 0.29) is 11.6 Å². The monoisotopic (exact) mass is 367 g/mol. The molecule has 4 rings (SSSR count). The first kappa shape index (κ1) is 17.5. The number of hydrogen-bond donors (Lipinski definition) is 1. The summed E-state index contributed by atoms with van der Waals surface area (Å²) in [7, 11) is 0. The summed E-state index contributed by atoms with van der Waals surface area (Å²) in [6, 6.07) is 16.1. The number of halogens is 1. The molecule has 2 aliphatic rings. The number of nitrogens with zero attached hydrogens (tertiary/aromatic N) is 2. The van der Waals surface area contributed by atoms with Crippen molar-refractivity contribution in [2.75, 3.05) is 36.4 Å². The summed E-state index contributed by atoms with van der Waals surface area (Å²) in [6.45, 7) is 2.65. The summed E-state index contributed by atoms with van der Waals surface area (Å²) in [5.74, 6) is -1.03. The van der Waals surface area contributed by atoms with Crippen LogP contribution in [-0.2, 0) is 9.59 Å². The highest BCUT2D eigenvalue weighted by Gasteiger charge is 2.58. The van der Waals surface area contributed by atoms with Crippen LogP contribution in [0.15, 0.2) is 54.6 Å². The van der Waals surface area contributed by atoms with Crippen LogP contribution in [0.2, 0.25) is 0 Å². The smallest absolute Gasteiger partial charge is 0.240 e. The van der Waals surface area contributed by atoms with E-state index in [2.05, 4.69) is 22.3 Å². The van der Waals surface area contributed by atoms with Crippen molar-refractivity contribution in [2.24, 2.45) is 5.41 Å². The predicted molar refractivity (Wildman–Crippen MR) is 102 cm³/mol. The van der Waals surface area contributed by atoms with Crippen LogP contribution in [0.25, 0.3) is 0 Å². The summed E-state index contributed by atoms with van der Waals surface area (Å²) in [4.78, 5) is 29.7. The number of carbonyl (C=O) groups is 2. The highest BCUT2D eigenvalue weighted by atomic mass is 19.1. The van der Waals surface area contributed by atoms with E-state index in [1.807, 2.05) is 18.2 Å². The van der Waals surface area contributed by atoms with Crippen LogP contribution in [0.3, 0.4) is 0 Å². The molecule has 1 saturated carbocycles. The van der Waals surface area contributed by atoms with Gasteiger partial charge in [-0.2, -0.15) is 0 Å². The maximum Gasteiger partial charge on any atom is 0.240 e. The Morgan fingerprint density at radius 2 is 1.52 bits per heavy atom. The first-order chi connectivity index (χ1) is 13.1. The number of anilines is 2. The van der Waals surface area contributed by atoms with E-state index in [9.17, 15) is 14.0 Å². The molecule has 2 amide bonds. The highest BCUT2D eigenvalue weighted by molar-refractivity contribution is 6.13. The molecule has 1 aliphatic heterocycles. The van der Waals surface area contributed by atoms with Crippen LogP contribution < -0.4 is 10.2 Å². The summed E-state index contributed by atoms with van der Waals surface area (Å²) in [6.07, 6.45) is 1.04. The summed E-state index contributed by atoms with van der Waals surface area (Å²) < 4.78 is 13.8. The van der Waals surface area contributed by atoms with Gasteiger partial charge in [0.05, 0.1) is 5.69 Å². The van der Waals surface area contributed by atoms with Crippen molar-refractivity contribution in [2.45, 2.75) is 12.8 Å². The molecule has 2 aromatic rings. The number of benzene rings is 2. The lowest BCUT2D eigenvalue weighted by atomic mass is 10.0. The Labute approximate surface area is 157 Å². The lowest BCUT2D eigenvalue weighted by Gasteiger charge is -2.37. The van der Waals surface area contributed by atoms with Gasteiger partial charge in [0, 0.05) is 31.9 Å². The third kappa shape index (κ3) is 3.39. The second kappa shape index (κ2) is 7.02. The quantitative estimate of drug-likeness (QED) is 0.846. The molecular formula is C21H22FN3O2. The molecule has 0 atom stereocenters. The molecule has 0 bridgehead atoms. The summed E-state index contributed by atoms with van der Waals surface area (Å²) in [5.41, 5.74) is 0.232. The Morgan fingerprint density at radius 1 is 0.889 bits per heavy atom. The molecule has 0 aromatic heterocycles. The van der Waals surface area contributed by atoms with Crippen molar-refractivity contribution >= 4 is 23.2 Å². The van der Waals surface area contributed by atoms with Crippen molar-refractivity contribution in [3.63, 3.8) is 0 Å². The van der Waals surface area contributed by atoms with Crippen molar-refractivity contribution in [1.82, 2.24) is 4.90 Å². The Morgan fingerprint density at radius 3 is 2.15 bits per heavy atom. The fourth-order valence-electron chi connectivity index (χ4n) is 3.58. The number of carbonyl (C=O) groups excluding carboxylic acids is 2. The molecule has 1 N–H and O–H groups in total. The fourth-order valence-corrected chi connectivity index (χ4v) is 3.58. The number of piperazine rings is 1. The zero-order chi connectivity index (χ0) is 18.9. The minimum Gasteiger partial charge on any atom is -0.368 e. The Kier molecular flexibility index (Phi) is 4.56. The van der Waals surface area contributed by atoms with Crippen LogP contribution in [0.1, 0.15) is 12.8 Å². The maximum absolute atomic E-state index is 13.8. The third-order valence-corrected chi connectivity index (χ3v) is 5.40. The number of rotatable bonds is 4. The highest BCUT2D eigenvalue weighted by Crippen LogP contribution is 2.48. The van der Waals surface area contributed by atoms with E-state index < -0.39 is 17.1 Å². The van der Waals surface area contributed by atoms with Gasteiger partial charge in [-0.05, 0) is 37.1 Å². The zero-order valence-corrected chi connectivity index (χ0v) is 15.0. The van der Waals surface area contributed by atoms with E-state index in [4.69, 9.17) is 0 Å². The van der Waals surface area contributed by atoms with Gasteiger partial charge in [-0.15, -0.1) is 0 Å². The lowest BCUT2D eigenvalue weighted by Crippen LogP contribution is -2.52. The van der Waals surface area contributed by atoms with E-state index in [1.165, 1.54) is 12.1 Å². The summed E-state index contributed by atoms with van der Waals surface area (Å²) in [5, 5.41) is 2.60. The van der Waals surface area contributed by atoms with Crippen LogP contribution >= 0.6 is 0 Å². The number of nitrogens with one attached hydrogen (secondary N) is 1. The van der Waals surface area contributed by atoms with Gasteiger partial charge in [0.25, 0.3) is 0 Å². The SMILES string of the molecule is O=C(Nc1ccccc1F)C1(C(=O)N2CCN(c3ccccc3)CC2)CC1. The van der Waals surface area contributed by atoms with Crippen LogP contribution in [0, 0.1) is 11.2 Å². The molecule has 6 heteroatoms. The van der Waals surface area contributed by atoms with E-state index >= 15 is 0 Å². The average Bonchev–Trinajstić information content (AvgIpc) is 3.52. The van der Waals surface area contributed by atoms with Crippen molar-refractivity contribution < 1.29 is 14.0 Å². The van der Waals surface area contributed by atoms with E-state index in [1.54, 1.807) is 17.0 Å². The Hall–Kier alpha value is -2.89. The largest absolute Gasteiger partial charge is 0.368 e. The molecule has 0 radical (unpaired) electrons. The number of para-hydroxylation sites is 2. The summed E-state index contributed by atoms with van der Waals surface area (Å²) >= 11 is 0. The number of hydrogen-bond acceptors (Lipinski definition) is 3. The first-order valence-corrected chi connectivity index (χ1v) is 9.25. The van der Waals surface area contributed by atoms with Crippen LogP contribution in [0.5, 0.6) is 0 Å². The second-order valence-corrected chi connectivity index (χ2v) is 7.13.